The molecule has 1 aliphatic carbocycles. The Morgan fingerprint density at radius 2 is 2.00 bits per heavy atom. The van der Waals surface area contributed by atoms with E-state index in [-0.39, 0.29) is 24.3 Å². The quantitative estimate of drug-likeness (QED) is 0.572. The van der Waals surface area contributed by atoms with E-state index in [4.69, 9.17) is 4.74 Å². The highest BCUT2D eigenvalue weighted by Crippen LogP contribution is 2.27. The van der Waals surface area contributed by atoms with Crippen molar-refractivity contribution in [2.75, 3.05) is 13.2 Å². The van der Waals surface area contributed by atoms with Crippen LogP contribution in [0, 0.1) is 0 Å². The molecule has 21 heavy (non-hydrogen) atoms. The van der Waals surface area contributed by atoms with Crippen molar-refractivity contribution >= 4 is 18.0 Å². The third kappa shape index (κ3) is 5.06. The molecule has 0 N–H and O–H groups in total. The molecule has 1 aromatic carbocycles. The van der Waals surface area contributed by atoms with Crippen LogP contribution in [0.2, 0.25) is 0 Å². The van der Waals surface area contributed by atoms with Crippen molar-refractivity contribution in [3.05, 3.63) is 42.0 Å². The lowest BCUT2D eigenvalue weighted by atomic mass is 10.2. The Kier molecular flexibility index (Phi) is 5.55. The summed E-state index contributed by atoms with van der Waals surface area (Å²) in [7, 11) is 0. The summed E-state index contributed by atoms with van der Waals surface area (Å²) in [5.74, 6) is -0.284. The third-order valence-electron chi connectivity index (χ3n) is 3.35. The molecule has 0 radical (unpaired) electrons. The van der Waals surface area contributed by atoms with E-state index in [0.717, 1.165) is 18.4 Å². The van der Waals surface area contributed by atoms with Gasteiger partial charge in [0.15, 0.2) is 0 Å². The van der Waals surface area contributed by atoms with Crippen LogP contribution in [0.5, 0.6) is 0 Å². The predicted molar refractivity (Wildman–Crippen MR) is 81.5 cm³/mol. The molecule has 1 saturated carbocycles. The lowest BCUT2D eigenvalue weighted by Crippen LogP contribution is -2.33. The fourth-order valence-corrected chi connectivity index (χ4v) is 2.13. The summed E-state index contributed by atoms with van der Waals surface area (Å²) >= 11 is 0. The van der Waals surface area contributed by atoms with Crippen molar-refractivity contribution in [3.63, 3.8) is 0 Å². The Bertz CT molecular complexity index is 506. The summed E-state index contributed by atoms with van der Waals surface area (Å²) < 4.78 is 4.91. The summed E-state index contributed by atoms with van der Waals surface area (Å²) in [5.41, 5.74) is 0.993. The number of carbonyl (C=O) groups excluding carboxylic acids is 2. The number of hydrogen-bond acceptors (Lipinski definition) is 3. The average Bonchev–Trinajstić information content (AvgIpc) is 3.31. The Labute approximate surface area is 125 Å². The van der Waals surface area contributed by atoms with E-state index in [1.165, 1.54) is 0 Å². The average molecular weight is 287 g/mol. The SMILES string of the molecule is CCOC(=O)CCN(C(=O)/C=C/c1ccccc1)C1CC1. The van der Waals surface area contributed by atoms with Crippen LogP contribution < -0.4 is 0 Å². The largest absolute Gasteiger partial charge is 0.466 e. The second-order valence-corrected chi connectivity index (χ2v) is 5.06. The number of hydrogen-bond donors (Lipinski definition) is 0. The first-order valence-corrected chi connectivity index (χ1v) is 7.40. The zero-order chi connectivity index (χ0) is 15.1. The number of amides is 1. The van der Waals surface area contributed by atoms with Crippen LogP contribution in [0.3, 0.4) is 0 Å². The first kappa shape index (κ1) is 15.3. The molecule has 112 valence electrons. The minimum atomic E-state index is -0.247. The van der Waals surface area contributed by atoms with Gasteiger partial charge in [-0.3, -0.25) is 9.59 Å². The van der Waals surface area contributed by atoms with Gasteiger partial charge in [0.2, 0.25) is 5.91 Å². The van der Waals surface area contributed by atoms with Crippen molar-refractivity contribution < 1.29 is 14.3 Å². The van der Waals surface area contributed by atoms with Crippen LogP contribution in [0.1, 0.15) is 31.7 Å². The normalized spacial score (nSPS) is 14.1. The smallest absolute Gasteiger partial charge is 0.307 e. The zero-order valence-electron chi connectivity index (χ0n) is 12.3. The third-order valence-corrected chi connectivity index (χ3v) is 3.35. The van der Waals surface area contributed by atoms with Gasteiger partial charge in [-0.15, -0.1) is 0 Å². The number of nitrogens with zero attached hydrogens (tertiary/aromatic N) is 1. The van der Waals surface area contributed by atoms with E-state index >= 15 is 0 Å². The van der Waals surface area contributed by atoms with Crippen LogP contribution in [0.25, 0.3) is 6.08 Å². The molecule has 0 saturated heterocycles. The summed E-state index contributed by atoms with van der Waals surface area (Å²) in [4.78, 5) is 25.4. The minimum absolute atomic E-state index is 0.0364. The molecule has 0 aliphatic heterocycles. The molecule has 4 heteroatoms. The van der Waals surface area contributed by atoms with E-state index in [2.05, 4.69) is 0 Å². The van der Waals surface area contributed by atoms with E-state index in [1.807, 2.05) is 36.4 Å². The molecule has 0 unspecified atom stereocenters. The second-order valence-electron chi connectivity index (χ2n) is 5.06. The Balaban J connectivity index is 1.90. The summed E-state index contributed by atoms with van der Waals surface area (Å²) in [5, 5.41) is 0. The van der Waals surface area contributed by atoms with Crippen LogP contribution in [-0.4, -0.2) is 36.0 Å². The van der Waals surface area contributed by atoms with Crippen LogP contribution in [0.4, 0.5) is 0 Å². The minimum Gasteiger partial charge on any atom is -0.466 e. The van der Waals surface area contributed by atoms with Crippen molar-refractivity contribution in [3.8, 4) is 0 Å². The molecule has 1 aliphatic rings. The van der Waals surface area contributed by atoms with Gasteiger partial charge in [-0.2, -0.15) is 0 Å². The van der Waals surface area contributed by atoms with Crippen LogP contribution in [-0.2, 0) is 14.3 Å². The zero-order valence-corrected chi connectivity index (χ0v) is 12.3. The number of rotatable bonds is 7. The standard InChI is InChI=1S/C17H21NO3/c1-2-21-17(20)12-13-18(15-9-10-15)16(19)11-8-14-6-4-3-5-7-14/h3-8,11,15H,2,9-10,12-13H2,1H3/b11-8+. The first-order chi connectivity index (χ1) is 10.2. The van der Waals surface area contributed by atoms with Gasteiger partial charge >= 0.3 is 5.97 Å². The Hall–Kier alpha value is -2.10. The highest BCUT2D eigenvalue weighted by molar-refractivity contribution is 5.92. The molecule has 2 rings (SSSR count). The molecule has 0 bridgehead atoms. The van der Waals surface area contributed by atoms with Gasteiger partial charge in [0, 0.05) is 18.7 Å². The van der Waals surface area contributed by atoms with Gasteiger partial charge in [0.05, 0.1) is 13.0 Å². The molecule has 4 nitrogen and oxygen atoms in total. The fraction of sp³-hybridized carbons (Fsp3) is 0.412. The molecule has 0 heterocycles. The highest BCUT2D eigenvalue weighted by atomic mass is 16.5. The highest BCUT2D eigenvalue weighted by Gasteiger charge is 2.31. The van der Waals surface area contributed by atoms with Crippen molar-refractivity contribution in [2.45, 2.75) is 32.2 Å². The van der Waals surface area contributed by atoms with Gasteiger partial charge in [-0.05, 0) is 31.4 Å². The molecule has 0 atom stereocenters. The fourth-order valence-electron chi connectivity index (χ4n) is 2.13. The Morgan fingerprint density at radius 3 is 2.62 bits per heavy atom. The molecule has 1 aromatic rings. The predicted octanol–water partition coefficient (Wildman–Crippen LogP) is 2.64. The van der Waals surface area contributed by atoms with E-state index < -0.39 is 0 Å². The Morgan fingerprint density at radius 1 is 1.29 bits per heavy atom. The van der Waals surface area contributed by atoms with Crippen LogP contribution >= 0.6 is 0 Å². The molecule has 1 fully saturated rings. The summed E-state index contributed by atoms with van der Waals surface area (Å²) in [6, 6.07) is 9.99. The van der Waals surface area contributed by atoms with E-state index in [1.54, 1.807) is 17.9 Å². The maximum atomic E-state index is 12.3. The van der Waals surface area contributed by atoms with Gasteiger partial charge in [0.1, 0.15) is 0 Å². The second kappa shape index (κ2) is 7.62. The first-order valence-electron chi connectivity index (χ1n) is 7.40. The molecule has 0 spiro atoms. The molecule has 1 amide bonds. The van der Waals surface area contributed by atoms with Gasteiger partial charge in [0.25, 0.3) is 0 Å². The maximum Gasteiger partial charge on any atom is 0.307 e. The lowest BCUT2D eigenvalue weighted by molar-refractivity contribution is -0.143. The molecular formula is C17H21NO3. The molecule has 0 aromatic heterocycles. The summed E-state index contributed by atoms with van der Waals surface area (Å²) in [6.07, 6.45) is 5.69. The van der Waals surface area contributed by atoms with Crippen molar-refractivity contribution in [1.29, 1.82) is 0 Å². The van der Waals surface area contributed by atoms with E-state index in [9.17, 15) is 9.59 Å². The van der Waals surface area contributed by atoms with Crippen LogP contribution in [0.15, 0.2) is 36.4 Å². The van der Waals surface area contributed by atoms with Gasteiger partial charge in [-0.1, -0.05) is 30.3 Å². The molecular weight excluding hydrogens is 266 g/mol. The maximum absolute atomic E-state index is 12.3. The number of carbonyl (C=O) groups is 2. The number of ether oxygens (including phenoxy) is 1. The summed E-state index contributed by atoms with van der Waals surface area (Å²) in [6.45, 7) is 2.59. The topological polar surface area (TPSA) is 46.6 Å². The van der Waals surface area contributed by atoms with E-state index in [0.29, 0.717) is 13.2 Å². The monoisotopic (exact) mass is 287 g/mol. The van der Waals surface area contributed by atoms with Crippen molar-refractivity contribution in [2.24, 2.45) is 0 Å². The lowest BCUT2D eigenvalue weighted by Gasteiger charge is -2.20. The number of benzene rings is 1. The van der Waals surface area contributed by atoms with Crippen molar-refractivity contribution in [1.82, 2.24) is 4.90 Å². The van der Waals surface area contributed by atoms with Gasteiger partial charge < -0.3 is 9.64 Å². The van der Waals surface area contributed by atoms with Gasteiger partial charge in [-0.25, -0.2) is 0 Å². The number of esters is 1.